The number of ether oxygens (including phenoxy) is 2. The number of esters is 1. The Balaban J connectivity index is 1.84. The van der Waals surface area contributed by atoms with E-state index in [1.807, 2.05) is 4.90 Å². The molecule has 1 aliphatic heterocycles. The molecule has 1 aliphatic rings. The van der Waals surface area contributed by atoms with Gasteiger partial charge < -0.3 is 25.1 Å². The summed E-state index contributed by atoms with van der Waals surface area (Å²) < 4.78 is 10.3. The van der Waals surface area contributed by atoms with Gasteiger partial charge in [-0.05, 0) is 0 Å². The molecular formula is C12H16N6O3. The summed E-state index contributed by atoms with van der Waals surface area (Å²) in [6.07, 6.45) is 1.52. The molecule has 0 aliphatic carbocycles. The Morgan fingerprint density at radius 3 is 3.29 bits per heavy atom. The van der Waals surface area contributed by atoms with Gasteiger partial charge in [0, 0.05) is 13.1 Å². The third-order valence-electron chi connectivity index (χ3n) is 3.34. The molecule has 0 bridgehead atoms. The van der Waals surface area contributed by atoms with E-state index in [1.165, 1.54) is 7.11 Å². The van der Waals surface area contributed by atoms with Crippen LogP contribution in [-0.4, -0.2) is 58.8 Å². The van der Waals surface area contributed by atoms with E-state index in [0.29, 0.717) is 31.2 Å². The Morgan fingerprint density at radius 1 is 1.62 bits per heavy atom. The molecule has 112 valence electrons. The van der Waals surface area contributed by atoms with Gasteiger partial charge in [-0.3, -0.25) is 4.79 Å². The number of imidazole rings is 1. The van der Waals surface area contributed by atoms with Crippen LogP contribution in [0.25, 0.3) is 11.2 Å². The van der Waals surface area contributed by atoms with Gasteiger partial charge in [0.25, 0.3) is 0 Å². The second-order valence-electron chi connectivity index (χ2n) is 4.73. The molecule has 1 unspecified atom stereocenters. The maximum Gasteiger partial charge on any atom is 0.308 e. The number of rotatable bonds is 3. The second kappa shape index (κ2) is 5.52. The van der Waals surface area contributed by atoms with E-state index in [4.69, 9.17) is 10.5 Å². The fraction of sp³-hybridized carbons (Fsp3) is 0.500. The van der Waals surface area contributed by atoms with Crippen molar-refractivity contribution in [2.24, 2.45) is 0 Å². The van der Waals surface area contributed by atoms with Crippen LogP contribution in [0.5, 0.6) is 0 Å². The van der Waals surface area contributed by atoms with Crippen LogP contribution >= 0.6 is 0 Å². The van der Waals surface area contributed by atoms with Crippen LogP contribution in [0.2, 0.25) is 0 Å². The van der Waals surface area contributed by atoms with Gasteiger partial charge in [-0.1, -0.05) is 0 Å². The van der Waals surface area contributed by atoms with Gasteiger partial charge in [-0.25, -0.2) is 4.98 Å². The average molecular weight is 292 g/mol. The number of carbonyl (C=O) groups is 1. The van der Waals surface area contributed by atoms with Gasteiger partial charge in [0.05, 0.1) is 32.6 Å². The lowest BCUT2D eigenvalue weighted by atomic mass is 10.2. The summed E-state index contributed by atoms with van der Waals surface area (Å²) in [6.45, 7) is 1.68. The summed E-state index contributed by atoms with van der Waals surface area (Å²) in [5, 5.41) is 0. The Hall–Kier alpha value is -2.42. The minimum absolute atomic E-state index is 0.167. The predicted molar refractivity (Wildman–Crippen MR) is 74.7 cm³/mol. The highest BCUT2D eigenvalue weighted by Gasteiger charge is 2.26. The van der Waals surface area contributed by atoms with Crippen molar-refractivity contribution in [1.29, 1.82) is 0 Å². The van der Waals surface area contributed by atoms with Crippen LogP contribution < -0.4 is 10.6 Å². The molecule has 0 radical (unpaired) electrons. The molecule has 1 saturated heterocycles. The highest BCUT2D eigenvalue weighted by atomic mass is 16.5. The van der Waals surface area contributed by atoms with E-state index in [2.05, 4.69) is 24.7 Å². The Labute approximate surface area is 120 Å². The third-order valence-corrected chi connectivity index (χ3v) is 3.34. The molecule has 9 heteroatoms. The van der Waals surface area contributed by atoms with Crippen LogP contribution in [0.1, 0.15) is 6.42 Å². The molecule has 0 aromatic carbocycles. The van der Waals surface area contributed by atoms with E-state index in [0.717, 1.165) is 5.52 Å². The van der Waals surface area contributed by atoms with Crippen LogP contribution in [0.3, 0.4) is 0 Å². The summed E-state index contributed by atoms with van der Waals surface area (Å²) in [5.74, 6) is 0.546. The molecule has 3 heterocycles. The topological polar surface area (TPSA) is 119 Å². The lowest BCUT2D eigenvalue weighted by molar-refractivity contribution is -0.144. The maximum absolute atomic E-state index is 11.4. The fourth-order valence-electron chi connectivity index (χ4n) is 2.37. The summed E-state index contributed by atoms with van der Waals surface area (Å²) >= 11 is 0. The molecule has 1 fully saturated rings. The largest absolute Gasteiger partial charge is 0.469 e. The molecule has 21 heavy (non-hydrogen) atoms. The lowest BCUT2D eigenvalue weighted by Gasteiger charge is -2.33. The van der Waals surface area contributed by atoms with E-state index >= 15 is 0 Å². The number of methoxy groups -OCH3 is 1. The van der Waals surface area contributed by atoms with Crippen LogP contribution in [-0.2, 0) is 14.3 Å². The number of nitrogens with two attached hydrogens (primary N) is 1. The van der Waals surface area contributed by atoms with Crippen molar-refractivity contribution in [2.45, 2.75) is 12.5 Å². The molecule has 3 N–H and O–H groups in total. The van der Waals surface area contributed by atoms with Crippen LogP contribution in [0.15, 0.2) is 6.33 Å². The van der Waals surface area contributed by atoms with E-state index in [1.54, 1.807) is 6.33 Å². The fourth-order valence-corrected chi connectivity index (χ4v) is 2.37. The third kappa shape index (κ3) is 2.72. The zero-order chi connectivity index (χ0) is 14.8. The zero-order valence-corrected chi connectivity index (χ0v) is 11.6. The molecule has 0 spiro atoms. The summed E-state index contributed by atoms with van der Waals surface area (Å²) in [5.41, 5.74) is 6.97. The Kier molecular flexibility index (Phi) is 3.57. The Bertz CT molecular complexity index is 657. The van der Waals surface area contributed by atoms with Crippen LogP contribution in [0.4, 0.5) is 11.8 Å². The normalized spacial score (nSPS) is 18.9. The van der Waals surface area contributed by atoms with Crippen molar-refractivity contribution in [3.8, 4) is 0 Å². The Morgan fingerprint density at radius 2 is 2.48 bits per heavy atom. The highest BCUT2D eigenvalue weighted by Crippen LogP contribution is 2.24. The number of aromatic amines is 1. The smallest absolute Gasteiger partial charge is 0.308 e. The molecule has 9 nitrogen and oxygen atoms in total. The van der Waals surface area contributed by atoms with Crippen molar-refractivity contribution >= 4 is 28.9 Å². The zero-order valence-electron chi connectivity index (χ0n) is 11.6. The molecule has 0 amide bonds. The number of nitrogens with one attached hydrogen (secondary N) is 1. The summed E-state index contributed by atoms with van der Waals surface area (Å²) in [6, 6.07) is 0. The SMILES string of the molecule is COC(=O)CC1CN(c2nc(N)nc3nc[nH]c23)CCO1. The second-order valence-corrected chi connectivity index (χ2v) is 4.73. The first-order valence-electron chi connectivity index (χ1n) is 6.57. The number of nitrogen functional groups attached to an aromatic ring is 1. The van der Waals surface area contributed by atoms with Gasteiger partial charge in [0.2, 0.25) is 5.95 Å². The van der Waals surface area contributed by atoms with Crippen molar-refractivity contribution in [3.63, 3.8) is 0 Å². The van der Waals surface area contributed by atoms with Crippen LogP contribution in [0, 0.1) is 0 Å². The molecule has 2 aromatic rings. The van der Waals surface area contributed by atoms with E-state index in [9.17, 15) is 4.79 Å². The van der Waals surface area contributed by atoms with Crippen molar-refractivity contribution < 1.29 is 14.3 Å². The monoisotopic (exact) mass is 292 g/mol. The van der Waals surface area contributed by atoms with Gasteiger partial charge in [-0.15, -0.1) is 0 Å². The number of aromatic nitrogens is 4. The van der Waals surface area contributed by atoms with Gasteiger partial charge in [0.1, 0.15) is 5.52 Å². The predicted octanol–water partition coefficient (Wildman–Crippen LogP) is -0.297. The number of H-pyrrole nitrogens is 1. The summed E-state index contributed by atoms with van der Waals surface area (Å²) in [4.78, 5) is 28.8. The number of morpholine rings is 1. The maximum atomic E-state index is 11.4. The molecular weight excluding hydrogens is 276 g/mol. The minimum atomic E-state index is -0.296. The molecule has 3 rings (SSSR count). The number of hydrogen-bond acceptors (Lipinski definition) is 8. The quantitative estimate of drug-likeness (QED) is 0.740. The van der Waals surface area contributed by atoms with Crippen molar-refractivity contribution in [3.05, 3.63) is 6.33 Å². The highest BCUT2D eigenvalue weighted by molar-refractivity contribution is 5.84. The van der Waals surface area contributed by atoms with Crippen molar-refractivity contribution in [2.75, 3.05) is 37.4 Å². The first-order chi connectivity index (χ1) is 10.2. The first-order valence-corrected chi connectivity index (χ1v) is 6.57. The van der Waals surface area contributed by atoms with Gasteiger partial charge in [-0.2, -0.15) is 9.97 Å². The number of carbonyl (C=O) groups excluding carboxylic acids is 1. The number of nitrogens with zero attached hydrogens (tertiary/aromatic N) is 4. The lowest BCUT2D eigenvalue weighted by Crippen LogP contribution is -2.44. The summed E-state index contributed by atoms with van der Waals surface area (Å²) in [7, 11) is 1.36. The average Bonchev–Trinajstić information content (AvgIpc) is 2.94. The minimum Gasteiger partial charge on any atom is -0.469 e. The van der Waals surface area contributed by atoms with Gasteiger partial charge in [0.15, 0.2) is 11.5 Å². The number of hydrogen-bond donors (Lipinski definition) is 2. The first kappa shape index (κ1) is 13.6. The van der Waals surface area contributed by atoms with Crippen molar-refractivity contribution in [1.82, 2.24) is 19.9 Å². The molecule has 1 atom stereocenters. The molecule has 2 aromatic heterocycles. The van der Waals surface area contributed by atoms with E-state index in [-0.39, 0.29) is 24.4 Å². The number of anilines is 2. The standard InChI is InChI=1S/C12H16N6O3/c1-20-8(19)4-7-5-18(2-3-21-7)11-9-10(15-6-14-9)16-12(13)17-11/h6-7H,2-5H2,1H3,(H3,13,14,15,16,17). The van der Waals surface area contributed by atoms with Gasteiger partial charge >= 0.3 is 5.97 Å². The number of fused-ring (bicyclic) bond motifs is 1. The van der Waals surface area contributed by atoms with E-state index < -0.39 is 0 Å². The molecule has 0 saturated carbocycles.